The van der Waals surface area contributed by atoms with E-state index in [0.29, 0.717) is 49.0 Å². The fraction of sp³-hybridized carbons (Fsp3) is 0.381. The van der Waals surface area contributed by atoms with Gasteiger partial charge in [0.2, 0.25) is 5.91 Å². The number of hydrogen-bond donors (Lipinski definition) is 2. The average molecular weight is 389 g/mol. The first-order valence-corrected chi connectivity index (χ1v) is 9.60. The zero-order valence-corrected chi connectivity index (χ0v) is 16.2. The van der Waals surface area contributed by atoms with Gasteiger partial charge in [0, 0.05) is 18.1 Å². The molecular weight excluding hydrogens is 364 g/mol. The molecule has 1 saturated heterocycles. The summed E-state index contributed by atoms with van der Waals surface area (Å²) in [7, 11) is 0. The van der Waals surface area contributed by atoms with Gasteiger partial charge in [-0.1, -0.05) is 35.9 Å². The van der Waals surface area contributed by atoms with Gasteiger partial charge in [-0.2, -0.15) is 0 Å². The molecule has 6 heteroatoms. The number of hydrogen-bond acceptors (Lipinski definition) is 4. The number of nitrogens with one attached hydrogen (secondary N) is 1. The molecule has 1 amide bonds. The van der Waals surface area contributed by atoms with E-state index in [4.69, 9.17) is 16.3 Å². The van der Waals surface area contributed by atoms with Crippen molar-refractivity contribution in [2.24, 2.45) is 0 Å². The Bertz CT molecular complexity index is 771. The highest BCUT2D eigenvalue weighted by Gasteiger charge is 2.34. The lowest BCUT2D eigenvalue weighted by Gasteiger charge is -2.38. The van der Waals surface area contributed by atoms with Crippen molar-refractivity contribution in [3.63, 3.8) is 0 Å². The van der Waals surface area contributed by atoms with Gasteiger partial charge in [-0.25, -0.2) is 0 Å². The number of rotatable bonds is 6. The molecule has 0 unspecified atom stereocenters. The summed E-state index contributed by atoms with van der Waals surface area (Å²) in [6.07, 6.45) is 1.16. The van der Waals surface area contributed by atoms with Gasteiger partial charge in [0.15, 0.2) is 0 Å². The second-order valence-electron chi connectivity index (χ2n) is 6.79. The molecule has 0 bridgehead atoms. The SMILES string of the molecule is CCOc1ccccc1NC(=O)CN1CCC(O)(c2ccc(Cl)cc2)CC1. The molecule has 1 aliphatic heterocycles. The number of halogens is 1. The normalized spacial score (nSPS) is 16.7. The van der Waals surface area contributed by atoms with Gasteiger partial charge in [-0.15, -0.1) is 0 Å². The van der Waals surface area contributed by atoms with E-state index in [-0.39, 0.29) is 12.5 Å². The van der Waals surface area contributed by atoms with Crippen LogP contribution in [0.1, 0.15) is 25.3 Å². The second kappa shape index (κ2) is 8.74. The number of carbonyl (C=O) groups is 1. The van der Waals surface area contributed by atoms with E-state index in [0.717, 1.165) is 5.56 Å². The van der Waals surface area contributed by atoms with Gasteiger partial charge < -0.3 is 15.2 Å². The minimum Gasteiger partial charge on any atom is -0.492 e. The zero-order chi connectivity index (χ0) is 19.3. The number of ether oxygens (including phenoxy) is 1. The molecule has 1 heterocycles. The van der Waals surface area contributed by atoms with Crippen LogP contribution in [0.25, 0.3) is 0 Å². The third-order valence-corrected chi connectivity index (χ3v) is 5.14. The van der Waals surface area contributed by atoms with E-state index in [1.54, 1.807) is 12.1 Å². The van der Waals surface area contributed by atoms with Crippen LogP contribution in [0.15, 0.2) is 48.5 Å². The molecule has 0 aromatic heterocycles. The highest BCUT2D eigenvalue weighted by atomic mass is 35.5. The van der Waals surface area contributed by atoms with Gasteiger partial charge in [0.1, 0.15) is 5.75 Å². The van der Waals surface area contributed by atoms with E-state index in [1.807, 2.05) is 43.3 Å². The van der Waals surface area contributed by atoms with Crippen LogP contribution in [0.3, 0.4) is 0 Å². The van der Waals surface area contributed by atoms with Crippen molar-refractivity contribution in [3.05, 3.63) is 59.1 Å². The number of nitrogens with zero attached hydrogens (tertiary/aromatic N) is 1. The largest absolute Gasteiger partial charge is 0.492 e. The Morgan fingerprint density at radius 2 is 1.85 bits per heavy atom. The zero-order valence-electron chi connectivity index (χ0n) is 15.5. The van der Waals surface area contributed by atoms with Crippen molar-refractivity contribution in [3.8, 4) is 5.75 Å². The summed E-state index contributed by atoms with van der Waals surface area (Å²) in [4.78, 5) is 14.5. The lowest BCUT2D eigenvalue weighted by atomic mass is 9.84. The summed E-state index contributed by atoms with van der Waals surface area (Å²) in [5.74, 6) is 0.586. The Hall–Kier alpha value is -2.08. The predicted octanol–water partition coefficient (Wildman–Crippen LogP) is 3.66. The second-order valence-corrected chi connectivity index (χ2v) is 7.23. The molecule has 0 atom stereocenters. The minimum absolute atomic E-state index is 0.0842. The molecule has 2 aromatic rings. The Labute approximate surface area is 164 Å². The summed E-state index contributed by atoms with van der Waals surface area (Å²) in [5, 5.41) is 14.5. The van der Waals surface area contributed by atoms with E-state index in [9.17, 15) is 9.90 Å². The van der Waals surface area contributed by atoms with Crippen LogP contribution < -0.4 is 10.1 Å². The molecule has 0 aliphatic carbocycles. The van der Waals surface area contributed by atoms with Crippen molar-refractivity contribution in [1.82, 2.24) is 4.90 Å². The number of para-hydroxylation sites is 2. The van der Waals surface area contributed by atoms with Gasteiger partial charge >= 0.3 is 0 Å². The maximum Gasteiger partial charge on any atom is 0.238 e. The quantitative estimate of drug-likeness (QED) is 0.792. The maximum atomic E-state index is 12.4. The first kappa shape index (κ1) is 19.7. The Balaban J connectivity index is 1.54. The summed E-state index contributed by atoms with van der Waals surface area (Å²) >= 11 is 5.93. The summed E-state index contributed by atoms with van der Waals surface area (Å²) in [6.45, 7) is 4.05. The number of benzene rings is 2. The molecule has 5 nitrogen and oxygen atoms in total. The molecule has 2 aromatic carbocycles. The van der Waals surface area contributed by atoms with Crippen LogP contribution >= 0.6 is 11.6 Å². The number of amides is 1. The maximum absolute atomic E-state index is 12.4. The lowest BCUT2D eigenvalue weighted by Crippen LogP contribution is -2.45. The Morgan fingerprint density at radius 3 is 2.52 bits per heavy atom. The van der Waals surface area contributed by atoms with Crippen molar-refractivity contribution >= 4 is 23.2 Å². The van der Waals surface area contributed by atoms with E-state index >= 15 is 0 Å². The number of likely N-dealkylation sites (tertiary alicyclic amines) is 1. The molecule has 1 fully saturated rings. The van der Waals surface area contributed by atoms with E-state index in [2.05, 4.69) is 10.2 Å². The highest BCUT2D eigenvalue weighted by Crippen LogP contribution is 2.33. The molecule has 3 rings (SSSR count). The van der Waals surface area contributed by atoms with Gasteiger partial charge in [0.25, 0.3) is 0 Å². The fourth-order valence-electron chi connectivity index (χ4n) is 3.37. The number of anilines is 1. The first-order chi connectivity index (χ1) is 13.0. The Kier molecular flexibility index (Phi) is 6.37. The van der Waals surface area contributed by atoms with Crippen LogP contribution in [0, 0.1) is 0 Å². The third kappa shape index (κ3) is 5.01. The molecule has 27 heavy (non-hydrogen) atoms. The van der Waals surface area contributed by atoms with Crippen molar-refractivity contribution in [2.75, 3.05) is 31.6 Å². The van der Waals surface area contributed by atoms with Gasteiger partial charge in [0.05, 0.1) is 24.4 Å². The van der Waals surface area contributed by atoms with Crippen molar-refractivity contribution < 1.29 is 14.6 Å². The highest BCUT2D eigenvalue weighted by molar-refractivity contribution is 6.30. The van der Waals surface area contributed by atoms with Crippen LogP contribution in [0.4, 0.5) is 5.69 Å². The molecule has 1 aliphatic rings. The summed E-state index contributed by atoms with van der Waals surface area (Å²) in [6, 6.07) is 14.7. The first-order valence-electron chi connectivity index (χ1n) is 9.22. The number of carbonyl (C=O) groups excluding carboxylic acids is 1. The number of piperidine rings is 1. The van der Waals surface area contributed by atoms with Crippen molar-refractivity contribution in [1.29, 1.82) is 0 Å². The van der Waals surface area contributed by atoms with Gasteiger partial charge in [-0.3, -0.25) is 9.69 Å². The van der Waals surface area contributed by atoms with Crippen LogP contribution in [0.2, 0.25) is 5.02 Å². The molecule has 0 radical (unpaired) electrons. The summed E-state index contributed by atoms with van der Waals surface area (Å²) < 4.78 is 5.54. The summed E-state index contributed by atoms with van der Waals surface area (Å²) in [5.41, 5.74) is 0.694. The molecule has 2 N–H and O–H groups in total. The standard InChI is InChI=1S/C21H25ClN2O3/c1-2-27-19-6-4-3-5-18(19)23-20(25)15-24-13-11-21(26,12-14-24)16-7-9-17(22)10-8-16/h3-10,26H,2,11-15H2,1H3,(H,23,25). The van der Waals surface area contributed by atoms with Crippen LogP contribution in [0.5, 0.6) is 5.75 Å². The monoisotopic (exact) mass is 388 g/mol. The lowest BCUT2D eigenvalue weighted by molar-refractivity contribution is -0.118. The molecule has 144 valence electrons. The minimum atomic E-state index is -0.862. The van der Waals surface area contributed by atoms with E-state index in [1.165, 1.54) is 0 Å². The molecule has 0 saturated carbocycles. The van der Waals surface area contributed by atoms with Gasteiger partial charge in [-0.05, 0) is 49.6 Å². The third-order valence-electron chi connectivity index (χ3n) is 4.89. The van der Waals surface area contributed by atoms with Crippen molar-refractivity contribution in [2.45, 2.75) is 25.4 Å². The van der Waals surface area contributed by atoms with Crippen LogP contribution in [-0.4, -0.2) is 42.2 Å². The predicted molar refractivity (Wildman–Crippen MR) is 107 cm³/mol. The topological polar surface area (TPSA) is 61.8 Å². The average Bonchev–Trinajstić information content (AvgIpc) is 2.66. The number of aliphatic hydroxyl groups is 1. The Morgan fingerprint density at radius 1 is 1.19 bits per heavy atom. The molecular formula is C21H25ClN2O3. The van der Waals surface area contributed by atoms with E-state index < -0.39 is 5.60 Å². The van der Waals surface area contributed by atoms with Crippen LogP contribution in [-0.2, 0) is 10.4 Å². The smallest absolute Gasteiger partial charge is 0.238 e. The fourth-order valence-corrected chi connectivity index (χ4v) is 3.50. The molecule has 0 spiro atoms.